The van der Waals surface area contributed by atoms with E-state index in [2.05, 4.69) is 42.5 Å². The van der Waals surface area contributed by atoms with E-state index >= 15 is 24.0 Å². The number of carboxylic acids is 1. The molecule has 23 atom stereocenters. The molecule has 0 saturated carbocycles. The maximum absolute atomic E-state index is 16.5. The van der Waals surface area contributed by atoms with Gasteiger partial charge in [-0.2, -0.15) is 0 Å². The van der Waals surface area contributed by atoms with Crippen molar-refractivity contribution in [1.82, 2.24) is 42.5 Å². The van der Waals surface area contributed by atoms with Crippen molar-refractivity contribution in [3.8, 4) is 57.1 Å². The number of nitrogens with two attached hydrogens (primary N) is 3. The van der Waals surface area contributed by atoms with E-state index in [4.69, 9.17) is 66.7 Å². The Kier molecular flexibility index (Phi) is 27.2. The molecule has 39 heteroatoms. The van der Waals surface area contributed by atoms with Gasteiger partial charge in [-0.05, 0) is 136 Å². The number of phenolic OH excluding ortho intramolecular Hbond substituents is 3. The van der Waals surface area contributed by atoms with E-state index in [0.29, 0.717) is 0 Å². The molecule has 0 radical (unpaired) electrons. The van der Waals surface area contributed by atoms with E-state index in [1.165, 1.54) is 71.1 Å². The molecule has 11 bridgehead atoms. The van der Waals surface area contributed by atoms with Crippen molar-refractivity contribution < 1.29 is 132 Å². The summed E-state index contributed by atoms with van der Waals surface area (Å²) in [6, 6.07) is 8.90. The molecule has 6 aromatic carbocycles. The molecule has 38 nitrogen and oxygen atoms in total. The van der Waals surface area contributed by atoms with Gasteiger partial charge in [0.15, 0.2) is 36.2 Å². The van der Waals surface area contributed by atoms with Crippen LogP contribution in [-0.4, -0.2) is 227 Å². The van der Waals surface area contributed by atoms with Gasteiger partial charge in [-0.3, -0.25) is 38.4 Å². The molecule has 3 fully saturated rings. The fourth-order valence-electron chi connectivity index (χ4n) is 15.6. The Morgan fingerprint density at radius 2 is 1.31 bits per heavy atom. The number of aromatic hydroxyl groups is 3. The number of carbonyl (C=O) groups is 9. The maximum Gasteiger partial charge on any atom is 0.330 e. The van der Waals surface area contributed by atoms with E-state index in [1.54, 1.807) is 30.3 Å². The minimum atomic E-state index is -2.38. The highest BCUT2D eigenvalue weighted by atomic mass is 35.5. The van der Waals surface area contributed by atoms with Gasteiger partial charge >= 0.3 is 5.97 Å². The minimum Gasteiger partial charge on any atom is -0.508 e. The van der Waals surface area contributed by atoms with Gasteiger partial charge in [0.05, 0.1) is 54.0 Å². The molecule has 0 aromatic heterocycles. The summed E-state index contributed by atoms with van der Waals surface area (Å²) >= 11 is 7.19. The lowest BCUT2D eigenvalue weighted by atomic mass is 9.84. The number of hydrogen-bond acceptors (Lipinski definition) is 29. The van der Waals surface area contributed by atoms with Gasteiger partial charge in [0, 0.05) is 41.1 Å². The third kappa shape index (κ3) is 19.7. The number of ether oxygens (including phenoxy) is 8. The van der Waals surface area contributed by atoms with Gasteiger partial charge in [-0.25, -0.2) is 4.79 Å². The second-order valence-electron chi connectivity index (χ2n) is 31.8. The summed E-state index contributed by atoms with van der Waals surface area (Å²) in [5.41, 5.74) is 13.9. The summed E-state index contributed by atoms with van der Waals surface area (Å²) < 4.78 is 52.4. The number of aliphatic carboxylic acids is 1. The molecule has 8 amide bonds. The number of fused-ring (bicyclic) bond motifs is 15. The average Bonchev–Trinajstić information content (AvgIpc) is 0.764. The van der Waals surface area contributed by atoms with Gasteiger partial charge in [0.25, 0.3) is 0 Å². The summed E-state index contributed by atoms with van der Waals surface area (Å²) in [4.78, 5) is 134. The van der Waals surface area contributed by atoms with Crippen molar-refractivity contribution in [3.05, 3.63) is 154 Å². The maximum atomic E-state index is 16.5. The number of hydrogen-bond donors (Lipinski definition) is 21. The molecule has 0 spiro atoms. The zero-order chi connectivity index (χ0) is 87.7. The first-order chi connectivity index (χ1) is 57.2. The predicted octanol–water partition coefficient (Wildman–Crippen LogP) is 0.418. The van der Waals surface area contributed by atoms with Crippen molar-refractivity contribution >= 4 is 64.8 Å². The van der Waals surface area contributed by atoms with Crippen LogP contribution in [0.2, 0.25) is 5.02 Å². The summed E-state index contributed by atoms with van der Waals surface area (Å²) in [6.45, 7) is 8.52. The summed E-state index contributed by atoms with van der Waals surface area (Å²) in [6.07, 6.45) is -23.6. The first kappa shape index (κ1) is 89.3. The number of nitrogens with one attached hydrogen (secondary N) is 8. The SMILES string of the molecule is CN[C@H](CC(C)C)C(=O)N[C@H]1C(=O)N[C@@H](CC(N)=O)C(=O)N[C@H]2C(=O)N[C@H]3C(=O)N[C@H](C(=O)N[C@H](C(=O)O)c4cc(O)cc(O)c4-c4cc3ccc4O)[C@H](O[C@H]3C[C@](C)(N)[C@@H](O)[C@H](C)O3)c3ccc(cc3)Oc3cc2cc(c3O[C@@H]2O[C@H](CO)[C@@H](O)[C@H](O)[C@H]2O[C@H]2C[C@](C)(NC(=O)[C@H](N)Cc3ccccc3)[C@@H](O)[C@H](C)O2)Oc2ccc(cc2Cl)[C@H]1O. The topological polar surface area (TPSA) is 604 Å². The monoisotopic (exact) mass is 1700 g/mol. The molecule has 14 rings (SSSR count). The molecule has 0 unspecified atom stereocenters. The van der Waals surface area contributed by atoms with Crippen molar-refractivity contribution in [3.63, 3.8) is 0 Å². The molecule has 8 aliphatic rings. The zero-order valence-corrected chi connectivity index (χ0v) is 67.2. The predicted molar refractivity (Wildman–Crippen MR) is 423 cm³/mol. The highest BCUT2D eigenvalue weighted by Gasteiger charge is 2.54. The highest BCUT2D eigenvalue weighted by molar-refractivity contribution is 6.32. The lowest BCUT2D eigenvalue weighted by Crippen LogP contribution is -2.67. The van der Waals surface area contributed by atoms with Crippen molar-refractivity contribution in [2.45, 2.75) is 213 Å². The zero-order valence-electron chi connectivity index (χ0n) is 66.4. The van der Waals surface area contributed by atoms with Crippen LogP contribution in [0.1, 0.15) is 131 Å². The Morgan fingerprint density at radius 1 is 0.669 bits per heavy atom. The number of halogens is 1. The molecule has 8 aliphatic heterocycles. The van der Waals surface area contributed by atoms with Crippen LogP contribution in [0, 0.1) is 5.92 Å². The molecule has 650 valence electrons. The first-order valence-corrected chi connectivity index (χ1v) is 39.3. The van der Waals surface area contributed by atoms with Crippen molar-refractivity contribution in [2.75, 3.05) is 13.7 Å². The Morgan fingerprint density at radius 3 is 1.95 bits per heavy atom. The normalized spacial score (nSPS) is 30.6. The fourth-order valence-corrected chi connectivity index (χ4v) is 15.9. The second-order valence-corrected chi connectivity index (χ2v) is 32.2. The Labute approximate surface area is 696 Å². The quantitative estimate of drug-likeness (QED) is 0.0522. The van der Waals surface area contributed by atoms with Gasteiger partial charge in [-0.1, -0.05) is 80.0 Å². The van der Waals surface area contributed by atoms with E-state index in [1.807, 2.05) is 13.8 Å². The smallest absolute Gasteiger partial charge is 0.330 e. The van der Waals surface area contributed by atoms with Crippen LogP contribution in [0.3, 0.4) is 0 Å². The Balaban J connectivity index is 1.08. The summed E-state index contributed by atoms with van der Waals surface area (Å²) in [5, 5.41) is 137. The molecular weight excluding hydrogens is 1610 g/mol. The molecule has 3 saturated heterocycles. The van der Waals surface area contributed by atoms with Gasteiger partial charge < -0.3 is 149 Å². The summed E-state index contributed by atoms with van der Waals surface area (Å²) in [5.74, 6) is -16.5. The van der Waals surface area contributed by atoms with E-state index in [9.17, 15) is 70.2 Å². The second kappa shape index (κ2) is 36.8. The molecule has 8 heterocycles. The number of primary amides is 1. The molecule has 24 N–H and O–H groups in total. The van der Waals surface area contributed by atoms with Crippen LogP contribution in [0.15, 0.2) is 115 Å². The van der Waals surface area contributed by atoms with Crippen LogP contribution in [0.25, 0.3) is 11.1 Å². The number of aliphatic hydroxyl groups is 6. The van der Waals surface area contributed by atoms with Crippen LogP contribution in [0.5, 0.6) is 46.0 Å². The number of carboxylic acid groups (broad SMARTS) is 1. The van der Waals surface area contributed by atoms with E-state index in [-0.39, 0.29) is 58.4 Å². The van der Waals surface area contributed by atoms with Crippen LogP contribution in [-0.2, 0) is 73.3 Å². The highest BCUT2D eigenvalue weighted by Crippen LogP contribution is 2.50. The van der Waals surface area contributed by atoms with Crippen LogP contribution in [0.4, 0.5) is 0 Å². The minimum absolute atomic E-state index is 0.0632. The number of benzene rings is 6. The van der Waals surface area contributed by atoms with Gasteiger partial charge in [-0.15, -0.1) is 0 Å². The van der Waals surface area contributed by atoms with Crippen LogP contribution >= 0.6 is 11.6 Å². The number of carbonyl (C=O) groups excluding carboxylic acids is 8. The summed E-state index contributed by atoms with van der Waals surface area (Å²) in [7, 11) is 1.47. The van der Waals surface area contributed by atoms with Crippen LogP contribution < -0.4 is 73.9 Å². The third-order valence-corrected chi connectivity index (χ3v) is 22.4. The number of rotatable bonds is 19. The largest absolute Gasteiger partial charge is 0.508 e. The standard InChI is InChI=1S/C82H98ClN11O27/c1-33(2)21-47(87-7)73(106)92-62-64(100)39-16-20-51(45(83)24-39)117-53-26-40-25-52(68(53)121-80-69(66(102)65(101)54(32-95)118-80)120-57-31-82(6,71(104)35(4)115-57)94-72(105)46(84)22-36-11-9-8-10-12-36)116-42-17-13-37(14-18-42)67(119-56-30-81(5,86)70(103)34(3)114-56)63-78(111)91-61(79(112)113)44-27-41(96)28-50(98)58(44)43-23-38(15-19-49(43)97)59(75(108)93-63)90-76(109)60(40)89-74(107)48(29-55(85)99)88-77(62)110/h8-20,23-28,33-35,46-48,54,56-57,59-67,69-71,80,87,95-98,100-104H,21-22,29-32,84,86H2,1-7H3,(H2,85,99)(H,88,110)(H,89,107)(H,90,109)(H,91,111)(H,92,106)(H,93,108)(H,94,105)(H,112,113)/t34-,35-,46+,47+,48-,54+,56-,57-,59+,60+,61-,62+,63-,64+,65+,66-,67+,69+,70-,71-,80-,81-,82-/m0/s1. The van der Waals surface area contributed by atoms with Crippen molar-refractivity contribution in [2.24, 2.45) is 23.1 Å². The number of amides is 8. The number of aliphatic hydroxyl groups excluding tert-OH is 6. The number of likely N-dealkylation sites (N-methyl/N-ethyl adjacent to an activating group) is 1. The molecule has 6 aromatic rings. The average molecular weight is 1710 g/mol. The van der Waals surface area contributed by atoms with E-state index < -0.39 is 269 Å². The van der Waals surface area contributed by atoms with E-state index in [0.717, 1.165) is 54.1 Å². The Hall–Kier alpha value is -10.9. The Bertz CT molecular complexity index is 4900. The van der Waals surface area contributed by atoms with Gasteiger partial charge in [0.1, 0.15) is 95.6 Å². The van der Waals surface area contributed by atoms with Gasteiger partial charge in [0.2, 0.25) is 59.3 Å². The number of phenols is 3. The van der Waals surface area contributed by atoms with Crippen molar-refractivity contribution in [1.29, 1.82) is 0 Å². The molecular formula is C82H98ClN11O27. The first-order valence-electron chi connectivity index (χ1n) is 38.9. The molecule has 0 aliphatic carbocycles. The lowest BCUT2D eigenvalue weighted by molar-refractivity contribution is -0.334. The third-order valence-electron chi connectivity index (χ3n) is 22.1. The lowest BCUT2D eigenvalue weighted by Gasteiger charge is -2.48. The molecule has 121 heavy (non-hydrogen) atoms. The fraction of sp³-hybridized carbons (Fsp3) is 0.451.